The summed E-state index contributed by atoms with van der Waals surface area (Å²) in [6.45, 7) is 1.90. The van der Waals surface area contributed by atoms with E-state index in [9.17, 15) is 10.1 Å². The first kappa shape index (κ1) is 18.6. The number of pyridine rings is 1. The molecular weight excluding hydrogens is 386 g/mol. The van der Waals surface area contributed by atoms with Gasteiger partial charge < -0.3 is 0 Å². The van der Waals surface area contributed by atoms with Crippen molar-refractivity contribution in [2.75, 3.05) is 10.7 Å². The number of amides is 1. The van der Waals surface area contributed by atoms with E-state index >= 15 is 0 Å². The molecule has 1 aliphatic rings. The van der Waals surface area contributed by atoms with Gasteiger partial charge in [0.05, 0.1) is 16.9 Å². The first-order valence-corrected chi connectivity index (χ1v) is 10.7. The van der Waals surface area contributed by atoms with E-state index < -0.39 is 0 Å². The summed E-state index contributed by atoms with van der Waals surface area (Å²) in [5.74, 6) is 0.608. The van der Waals surface area contributed by atoms with Gasteiger partial charge in [0.1, 0.15) is 11.1 Å². The number of aromatic nitrogens is 1. The second kappa shape index (κ2) is 8.09. The van der Waals surface area contributed by atoms with Gasteiger partial charge in [0.25, 0.3) is 0 Å². The first-order valence-electron chi connectivity index (χ1n) is 8.87. The van der Waals surface area contributed by atoms with Crippen LogP contribution in [-0.4, -0.2) is 16.6 Å². The van der Waals surface area contributed by atoms with Crippen LogP contribution in [0.15, 0.2) is 75.5 Å². The Morgan fingerprint density at radius 1 is 1.07 bits per heavy atom. The van der Waals surface area contributed by atoms with E-state index in [1.807, 2.05) is 66.4 Å². The first-order chi connectivity index (χ1) is 13.7. The van der Waals surface area contributed by atoms with Crippen molar-refractivity contribution in [1.29, 1.82) is 5.26 Å². The van der Waals surface area contributed by atoms with Gasteiger partial charge in [-0.1, -0.05) is 36.0 Å². The second-order valence-corrected chi connectivity index (χ2v) is 8.45. The standard InChI is InChI=1S/C22H17N3OS2/c1-15-10-11-16(14-23)22(24-15)27-13-12-21(26)25-17-6-2-4-8-19(17)28-20-9-5-3-7-18(20)25/h2-11H,12-13H2,1H3. The largest absolute Gasteiger partial charge is 0.279 e. The molecule has 0 bridgehead atoms. The number of nitrogens with zero attached hydrogens (tertiary/aromatic N) is 3. The quantitative estimate of drug-likeness (QED) is 0.533. The maximum atomic E-state index is 13.2. The summed E-state index contributed by atoms with van der Waals surface area (Å²) in [7, 11) is 0. The van der Waals surface area contributed by atoms with Gasteiger partial charge in [-0.15, -0.1) is 11.8 Å². The lowest BCUT2D eigenvalue weighted by molar-refractivity contribution is -0.117. The fraction of sp³-hybridized carbons (Fsp3) is 0.136. The Balaban J connectivity index is 1.55. The van der Waals surface area contributed by atoms with Crippen molar-refractivity contribution in [2.24, 2.45) is 0 Å². The molecule has 2 aromatic carbocycles. The molecule has 1 aliphatic heterocycles. The molecule has 0 aliphatic carbocycles. The third-order valence-corrected chi connectivity index (χ3v) is 6.48. The summed E-state index contributed by atoms with van der Waals surface area (Å²) in [5, 5.41) is 9.94. The van der Waals surface area contributed by atoms with Crippen molar-refractivity contribution < 1.29 is 4.79 Å². The van der Waals surface area contributed by atoms with E-state index in [1.54, 1.807) is 17.8 Å². The van der Waals surface area contributed by atoms with Crippen LogP contribution in [0, 0.1) is 18.3 Å². The van der Waals surface area contributed by atoms with E-state index in [0.29, 0.717) is 22.8 Å². The number of carbonyl (C=O) groups excluding carboxylic acids is 1. The molecule has 28 heavy (non-hydrogen) atoms. The maximum absolute atomic E-state index is 13.2. The molecule has 1 amide bonds. The molecule has 6 heteroatoms. The Morgan fingerprint density at radius 2 is 1.71 bits per heavy atom. The molecule has 4 rings (SSSR count). The van der Waals surface area contributed by atoms with Gasteiger partial charge in [-0.05, 0) is 43.3 Å². The number of hydrogen-bond donors (Lipinski definition) is 0. The summed E-state index contributed by atoms with van der Waals surface area (Å²) in [6.07, 6.45) is 0.360. The number of para-hydroxylation sites is 2. The van der Waals surface area contributed by atoms with Gasteiger partial charge in [-0.2, -0.15) is 5.26 Å². The van der Waals surface area contributed by atoms with Crippen molar-refractivity contribution in [3.05, 3.63) is 71.9 Å². The summed E-state index contributed by atoms with van der Waals surface area (Å²) >= 11 is 3.14. The number of benzene rings is 2. The number of aryl methyl sites for hydroxylation is 1. The summed E-state index contributed by atoms with van der Waals surface area (Å²) < 4.78 is 0. The second-order valence-electron chi connectivity index (χ2n) is 6.28. The number of carbonyl (C=O) groups is 1. The van der Waals surface area contributed by atoms with Crippen LogP contribution in [0.2, 0.25) is 0 Å². The number of rotatable bonds is 4. The molecule has 0 saturated heterocycles. The van der Waals surface area contributed by atoms with Crippen molar-refractivity contribution in [3.63, 3.8) is 0 Å². The Kier molecular flexibility index (Phi) is 5.38. The third-order valence-electron chi connectivity index (χ3n) is 4.36. The Morgan fingerprint density at radius 3 is 2.36 bits per heavy atom. The number of nitriles is 1. The molecule has 0 radical (unpaired) electrons. The number of anilines is 2. The molecule has 3 aromatic rings. The highest BCUT2D eigenvalue weighted by atomic mass is 32.2. The normalized spacial score (nSPS) is 12.1. The zero-order chi connectivity index (χ0) is 19.5. The molecule has 138 valence electrons. The van der Waals surface area contributed by atoms with Crippen molar-refractivity contribution >= 4 is 40.8 Å². The van der Waals surface area contributed by atoms with Crippen LogP contribution in [0.4, 0.5) is 11.4 Å². The lowest BCUT2D eigenvalue weighted by atomic mass is 10.2. The molecule has 0 spiro atoms. The van der Waals surface area contributed by atoms with E-state index in [1.165, 1.54) is 11.8 Å². The molecule has 0 unspecified atom stereocenters. The maximum Gasteiger partial charge on any atom is 0.232 e. The van der Waals surface area contributed by atoms with Crippen LogP contribution in [-0.2, 0) is 4.79 Å². The topological polar surface area (TPSA) is 57.0 Å². The minimum Gasteiger partial charge on any atom is -0.279 e. The molecule has 4 nitrogen and oxygen atoms in total. The van der Waals surface area contributed by atoms with E-state index in [2.05, 4.69) is 11.1 Å². The SMILES string of the molecule is Cc1ccc(C#N)c(SCCC(=O)N2c3ccccc3Sc3ccccc32)n1. The molecule has 0 N–H and O–H groups in total. The lowest BCUT2D eigenvalue weighted by Gasteiger charge is -2.31. The van der Waals surface area contributed by atoms with Gasteiger partial charge in [0.15, 0.2) is 0 Å². The fourth-order valence-electron chi connectivity index (χ4n) is 3.05. The highest BCUT2D eigenvalue weighted by molar-refractivity contribution is 7.99. The molecule has 0 saturated carbocycles. The zero-order valence-electron chi connectivity index (χ0n) is 15.3. The number of fused-ring (bicyclic) bond motifs is 2. The Labute approximate surface area is 172 Å². The minimum absolute atomic E-state index is 0.0406. The predicted octanol–water partition coefficient (Wildman–Crippen LogP) is 5.57. The minimum atomic E-state index is 0.0406. The van der Waals surface area contributed by atoms with Crippen LogP contribution in [0.1, 0.15) is 17.7 Å². The lowest BCUT2D eigenvalue weighted by Crippen LogP contribution is -2.28. The summed E-state index contributed by atoms with van der Waals surface area (Å²) in [6, 6.07) is 21.7. The molecule has 0 fully saturated rings. The van der Waals surface area contributed by atoms with Gasteiger partial charge >= 0.3 is 0 Å². The van der Waals surface area contributed by atoms with Gasteiger partial charge in [-0.25, -0.2) is 4.98 Å². The molecule has 1 aromatic heterocycles. The van der Waals surface area contributed by atoms with Crippen LogP contribution >= 0.6 is 23.5 Å². The average Bonchev–Trinajstić information content (AvgIpc) is 2.72. The van der Waals surface area contributed by atoms with E-state index in [0.717, 1.165) is 26.9 Å². The van der Waals surface area contributed by atoms with Crippen molar-refractivity contribution in [1.82, 2.24) is 4.98 Å². The predicted molar refractivity (Wildman–Crippen MR) is 113 cm³/mol. The van der Waals surface area contributed by atoms with Crippen LogP contribution in [0.25, 0.3) is 0 Å². The monoisotopic (exact) mass is 403 g/mol. The highest BCUT2D eigenvalue weighted by Gasteiger charge is 2.27. The fourth-order valence-corrected chi connectivity index (χ4v) is 5.05. The summed E-state index contributed by atoms with van der Waals surface area (Å²) in [5.41, 5.74) is 3.26. The van der Waals surface area contributed by atoms with Crippen molar-refractivity contribution in [3.8, 4) is 6.07 Å². The van der Waals surface area contributed by atoms with Crippen molar-refractivity contribution in [2.45, 2.75) is 28.2 Å². The Bertz CT molecular complexity index is 1050. The van der Waals surface area contributed by atoms with Gasteiger partial charge in [-0.3, -0.25) is 9.69 Å². The zero-order valence-corrected chi connectivity index (χ0v) is 16.9. The highest BCUT2D eigenvalue weighted by Crippen LogP contribution is 2.48. The van der Waals surface area contributed by atoms with Gasteiger partial charge in [0, 0.05) is 27.7 Å². The number of hydrogen-bond acceptors (Lipinski definition) is 5. The average molecular weight is 404 g/mol. The Hall–Kier alpha value is -2.75. The van der Waals surface area contributed by atoms with Crippen LogP contribution in [0.3, 0.4) is 0 Å². The smallest absolute Gasteiger partial charge is 0.232 e. The summed E-state index contributed by atoms with van der Waals surface area (Å²) in [4.78, 5) is 21.6. The third kappa shape index (κ3) is 3.64. The van der Waals surface area contributed by atoms with Crippen LogP contribution in [0.5, 0.6) is 0 Å². The number of thioether (sulfide) groups is 1. The molecular formula is C22H17N3OS2. The van der Waals surface area contributed by atoms with Gasteiger partial charge in [0.2, 0.25) is 5.91 Å². The van der Waals surface area contributed by atoms with E-state index in [4.69, 9.17) is 0 Å². The van der Waals surface area contributed by atoms with E-state index in [-0.39, 0.29) is 5.91 Å². The molecule has 0 atom stereocenters. The van der Waals surface area contributed by atoms with Crippen LogP contribution < -0.4 is 4.90 Å². The molecule has 2 heterocycles.